The van der Waals surface area contributed by atoms with Crippen LogP contribution in [0.3, 0.4) is 0 Å². The Balaban J connectivity index is 0.0000194. The van der Waals surface area contributed by atoms with Crippen LogP contribution >= 0.6 is 13.5 Å². The van der Waals surface area contributed by atoms with Crippen LogP contribution in [0.5, 0.6) is 23.0 Å². The van der Waals surface area contributed by atoms with Gasteiger partial charge in [0.25, 0.3) is 0 Å². The van der Waals surface area contributed by atoms with Crippen LogP contribution in [0, 0.1) is 5.41 Å². The van der Waals surface area contributed by atoms with Gasteiger partial charge in [0.15, 0.2) is 0 Å². The van der Waals surface area contributed by atoms with Crippen LogP contribution in [0.25, 0.3) is 0 Å². The molecule has 0 saturated carbocycles. The van der Waals surface area contributed by atoms with Gasteiger partial charge < -0.3 is 39.4 Å². The Bertz CT molecular complexity index is 2480. The normalized spacial score (nSPS) is 13.0. The van der Waals surface area contributed by atoms with Gasteiger partial charge in [0.2, 0.25) is 0 Å². The molecule has 0 atom stereocenters. The molecule has 12 nitrogen and oxygen atoms in total. The van der Waals surface area contributed by atoms with E-state index < -0.39 is 99.0 Å². The number of carbonyl (C=O) groups is 4. The highest BCUT2D eigenvalue weighted by Crippen LogP contribution is 2.44. The molecule has 0 aliphatic rings. The van der Waals surface area contributed by atoms with Gasteiger partial charge in [-0.15, -0.1) is 0 Å². The predicted molar refractivity (Wildman–Crippen MR) is 352 cm³/mol. The SMILES string of the molecule is CC(C)(C)c1cc(CCC(=O)OCC(COC(=O)CCc2cc(C(C)(C)C)c(O)c(C(C)(C)C)c2)(COC(=O)CCc2cc(C(C)(C)C)c(O)c(C(C)(C)C)c2)COC(=O)CCc2cc(C(C)(C)C)c(O)c(C(C)(C)C)c2)cc(C(C)(C)C)c1O.S. The van der Waals surface area contributed by atoms with E-state index in [1.165, 1.54) is 0 Å². The van der Waals surface area contributed by atoms with E-state index in [9.17, 15) is 39.6 Å². The van der Waals surface area contributed by atoms with Gasteiger partial charge in [-0.2, -0.15) is 13.5 Å². The highest BCUT2D eigenvalue weighted by molar-refractivity contribution is 7.59. The van der Waals surface area contributed by atoms with Crippen molar-refractivity contribution < 1.29 is 58.6 Å². The Kier molecular flexibility index (Phi) is 24.1. The van der Waals surface area contributed by atoms with E-state index >= 15 is 0 Å². The van der Waals surface area contributed by atoms with Gasteiger partial charge in [0.05, 0.1) is 0 Å². The molecule has 0 aromatic heterocycles. The largest absolute Gasteiger partial charge is 0.507 e. The lowest BCUT2D eigenvalue weighted by atomic mass is 9.78. The van der Waals surface area contributed by atoms with Crippen molar-refractivity contribution in [2.45, 2.75) is 261 Å². The number of hydrogen-bond acceptors (Lipinski definition) is 12. The minimum absolute atomic E-state index is 0. The number of ether oxygens (including phenoxy) is 4. The predicted octanol–water partition coefficient (Wildman–Crippen LogP) is 16.0. The van der Waals surface area contributed by atoms with Crippen LogP contribution in [-0.2, 0) is 107 Å². The molecule has 86 heavy (non-hydrogen) atoms. The summed E-state index contributed by atoms with van der Waals surface area (Å²) in [7, 11) is 0. The zero-order valence-corrected chi connectivity index (χ0v) is 58.2. The van der Waals surface area contributed by atoms with Crippen molar-refractivity contribution in [2.75, 3.05) is 26.4 Å². The van der Waals surface area contributed by atoms with Crippen molar-refractivity contribution in [3.63, 3.8) is 0 Å². The van der Waals surface area contributed by atoms with E-state index in [2.05, 4.69) is 0 Å². The summed E-state index contributed by atoms with van der Waals surface area (Å²) in [6, 6.07) is 15.4. The summed E-state index contributed by atoms with van der Waals surface area (Å²) in [6.45, 7) is 46.7. The number of phenolic OH excluding ortho intramolecular Hbond substituents is 4. The van der Waals surface area contributed by atoms with E-state index in [0.29, 0.717) is 0 Å². The number of rotatable bonds is 20. The smallest absolute Gasteiger partial charge is 0.306 e. The first-order valence-corrected chi connectivity index (χ1v) is 30.5. The fourth-order valence-corrected chi connectivity index (χ4v) is 10.4. The second-order valence-electron chi connectivity index (χ2n) is 32.3. The lowest BCUT2D eigenvalue weighted by Gasteiger charge is -2.32. The van der Waals surface area contributed by atoms with Gasteiger partial charge in [-0.1, -0.05) is 215 Å². The maximum absolute atomic E-state index is 14.1. The molecule has 480 valence electrons. The van der Waals surface area contributed by atoms with E-state index in [0.717, 1.165) is 66.8 Å². The Morgan fingerprint density at radius 3 is 0.523 bits per heavy atom. The molecule has 0 unspecified atom stereocenters. The summed E-state index contributed by atoms with van der Waals surface area (Å²) in [5.74, 6) is -1.49. The average Bonchev–Trinajstić information content (AvgIpc) is 1.09. The third kappa shape index (κ3) is 20.7. The van der Waals surface area contributed by atoms with E-state index in [-0.39, 0.29) is 87.9 Å². The summed E-state index contributed by atoms with van der Waals surface area (Å²) in [6.07, 6.45) is 0.854. The molecule has 0 radical (unpaired) electrons. The first-order chi connectivity index (χ1) is 38.4. The molecular weight excluding hydrogens is 1100 g/mol. The molecular formula is C73H110O12S. The van der Waals surface area contributed by atoms with Gasteiger partial charge in [-0.05, 0) is 136 Å². The van der Waals surface area contributed by atoms with Crippen LogP contribution in [-0.4, -0.2) is 70.7 Å². The number of hydrogen-bond donors (Lipinski definition) is 4. The van der Waals surface area contributed by atoms with Crippen molar-refractivity contribution in [1.29, 1.82) is 0 Å². The second-order valence-corrected chi connectivity index (χ2v) is 32.3. The lowest BCUT2D eigenvalue weighted by molar-refractivity contribution is -0.170. The fourth-order valence-electron chi connectivity index (χ4n) is 10.4. The first-order valence-electron chi connectivity index (χ1n) is 30.5. The van der Waals surface area contributed by atoms with Crippen LogP contribution in [0.2, 0.25) is 0 Å². The molecule has 0 spiro atoms. The maximum Gasteiger partial charge on any atom is 0.306 e. The summed E-state index contributed by atoms with van der Waals surface area (Å²) < 4.78 is 24.4. The number of esters is 4. The first kappa shape index (κ1) is 74.6. The molecule has 0 bridgehead atoms. The molecule has 4 aromatic carbocycles. The number of carbonyl (C=O) groups excluding carboxylic acids is 4. The van der Waals surface area contributed by atoms with Crippen LogP contribution in [0.1, 0.15) is 259 Å². The van der Waals surface area contributed by atoms with E-state index in [1.807, 2.05) is 215 Å². The summed E-state index contributed by atoms with van der Waals surface area (Å²) in [5, 5.41) is 45.7. The van der Waals surface area contributed by atoms with Crippen LogP contribution in [0.4, 0.5) is 0 Å². The van der Waals surface area contributed by atoms with Crippen molar-refractivity contribution >= 4 is 37.4 Å². The van der Waals surface area contributed by atoms with Gasteiger partial charge >= 0.3 is 23.9 Å². The topological polar surface area (TPSA) is 186 Å². The molecule has 0 aliphatic carbocycles. The minimum Gasteiger partial charge on any atom is -0.507 e. The standard InChI is InChI=1S/C73H108O12.H2S/c1-65(2,3)49-33-45(34-50(61(49)78)66(4,5)6)25-29-57(74)82-41-73(42-83-58(75)30-26-46-35-51(67(7,8)9)62(79)52(36-46)68(10,11)12,43-84-59(76)31-27-47-37-53(69(13,14)15)63(80)54(38-47)70(16,17)18)44-85-60(77)32-28-48-39-55(71(19,20)21)64(81)56(40-48)72(22,23)24;/h33-40,78-81H,25-32,41-44H2,1-24H3;1H2. The fraction of sp³-hybridized carbons (Fsp3) is 0.616. The molecule has 4 rings (SSSR count). The Morgan fingerprint density at radius 2 is 0.407 bits per heavy atom. The van der Waals surface area contributed by atoms with E-state index in [1.54, 1.807) is 0 Å². The van der Waals surface area contributed by atoms with Crippen molar-refractivity contribution in [2.24, 2.45) is 5.41 Å². The van der Waals surface area contributed by atoms with Gasteiger partial charge in [0, 0.05) is 25.7 Å². The number of benzene rings is 4. The van der Waals surface area contributed by atoms with Crippen molar-refractivity contribution in [3.8, 4) is 23.0 Å². The summed E-state index contributed by atoms with van der Waals surface area (Å²) >= 11 is 0. The quantitative estimate of drug-likeness (QED) is 0.0485. The third-order valence-corrected chi connectivity index (χ3v) is 15.8. The Hall–Kier alpha value is -5.69. The molecule has 0 saturated heterocycles. The van der Waals surface area contributed by atoms with Crippen LogP contribution in [0.15, 0.2) is 48.5 Å². The Morgan fingerprint density at radius 1 is 0.279 bits per heavy atom. The number of phenols is 4. The molecule has 0 amide bonds. The number of aryl methyl sites for hydroxylation is 4. The van der Waals surface area contributed by atoms with Gasteiger partial charge in [-0.3, -0.25) is 19.2 Å². The zero-order chi connectivity index (χ0) is 65.0. The molecule has 0 aliphatic heterocycles. The molecule has 4 N–H and O–H groups in total. The summed E-state index contributed by atoms with van der Waals surface area (Å²) in [5.41, 5.74) is 4.62. The second kappa shape index (κ2) is 27.8. The van der Waals surface area contributed by atoms with Gasteiger partial charge in [-0.25, -0.2) is 0 Å². The monoisotopic (exact) mass is 1210 g/mol. The molecule has 13 heteroatoms. The zero-order valence-electron chi connectivity index (χ0n) is 57.2. The Labute approximate surface area is 524 Å². The minimum atomic E-state index is -1.58. The number of aromatic hydroxyl groups is 4. The van der Waals surface area contributed by atoms with Gasteiger partial charge in [0.1, 0.15) is 54.8 Å². The summed E-state index contributed by atoms with van der Waals surface area (Å²) in [4.78, 5) is 56.4. The van der Waals surface area contributed by atoms with Crippen molar-refractivity contribution in [3.05, 3.63) is 115 Å². The highest BCUT2D eigenvalue weighted by Gasteiger charge is 2.39. The molecule has 4 aromatic rings. The molecule has 0 heterocycles. The average molecular weight is 1210 g/mol. The third-order valence-electron chi connectivity index (χ3n) is 15.8. The van der Waals surface area contributed by atoms with Crippen LogP contribution < -0.4 is 0 Å². The van der Waals surface area contributed by atoms with Crippen molar-refractivity contribution in [1.82, 2.24) is 0 Å². The molecule has 0 fully saturated rings. The maximum atomic E-state index is 14.1. The van der Waals surface area contributed by atoms with E-state index in [4.69, 9.17) is 18.9 Å². The lowest BCUT2D eigenvalue weighted by Crippen LogP contribution is -2.44. The highest BCUT2D eigenvalue weighted by atomic mass is 32.1.